The van der Waals surface area contributed by atoms with Gasteiger partial charge in [-0.3, -0.25) is 4.79 Å². The molecule has 1 aromatic carbocycles. The number of fused-ring (bicyclic) bond motifs is 1. The van der Waals surface area contributed by atoms with Crippen molar-refractivity contribution in [2.45, 2.75) is 44.2 Å². The van der Waals surface area contributed by atoms with E-state index in [1.807, 2.05) is 12.1 Å². The van der Waals surface area contributed by atoms with Crippen LogP contribution in [0.2, 0.25) is 5.02 Å². The first kappa shape index (κ1) is 12.2. The Kier molecular flexibility index (Phi) is 3.40. The first-order valence-corrected chi connectivity index (χ1v) is 7.17. The minimum atomic E-state index is 0.0132. The summed E-state index contributed by atoms with van der Waals surface area (Å²) in [5.74, 6) is 0.932. The fourth-order valence-electron chi connectivity index (χ4n) is 3.34. The number of rotatable bonds is 2. The predicted octanol–water partition coefficient (Wildman–Crippen LogP) is 3.44. The van der Waals surface area contributed by atoms with E-state index in [4.69, 9.17) is 11.6 Å². The van der Waals surface area contributed by atoms with Crippen LogP contribution in [0.5, 0.6) is 0 Å². The van der Waals surface area contributed by atoms with Crippen LogP contribution in [0, 0.1) is 5.92 Å². The molecule has 3 heteroatoms. The van der Waals surface area contributed by atoms with E-state index in [0.29, 0.717) is 17.0 Å². The lowest BCUT2D eigenvalue weighted by Gasteiger charge is -2.24. The summed E-state index contributed by atoms with van der Waals surface area (Å²) in [6, 6.07) is 7.82. The summed E-state index contributed by atoms with van der Waals surface area (Å²) in [5.41, 5.74) is 0.774. The maximum absolute atomic E-state index is 12.4. The van der Waals surface area contributed by atoms with Gasteiger partial charge in [-0.15, -0.1) is 0 Å². The molecule has 2 nitrogen and oxygen atoms in total. The Bertz CT molecular complexity index is 428. The summed E-state index contributed by atoms with van der Waals surface area (Å²) in [4.78, 5) is 12.4. The van der Waals surface area contributed by atoms with Gasteiger partial charge in [0.1, 0.15) is 0 Å². The molecule has 1 aliphatic carbocycles. The van der Waals surface area contributed by atoms with Gasteiger partial charge in [0.25, 0.3) is 0 Å². The van der Waals surface area contributed by atoms with Crippen molar-refractivity contribution < 1.29 is 4.79 Å². The number of hydrogen-bond acceptors (Lipinski definition) is 2. The van der Waals surface area contributed by atoms with Crippen molar-refractivity contribution in [3.63, 3.8) is 0 Å². The lowest BCUT2D eigenvalue weighted by molar-refractivity contribution is 0.0949. The van der Waals surface area contributed by atoms with E-state index in [-0.39, 0.29) is 11.8 Å². The molecule has 3 atom stereocenters. The molecular formula is C15H18ClNO. The van der Waals surface area contributed by atoms with E-state index in [1.165, 1.54) is 25.7 Å². The predicted molar refractivity (Wildman–Crippen MR) is 73.1 cm³/mol. The first-order chi connectivity index (χ1) is 8.74. The van der Waals surface area contributed by atoms with Gasteiger partial charge in [0.05, 0.1) is 6.04 Å². The highest BCUT2D eigenvalue weighted by Crippen LogP contribution is 2.34. The molecule has 1 aliphatic heterocycles. The summed E-state index contributed by atoms with van der Waals surface area (Å²) in [6.45, 7) is 0. The molecule has 1 heterocycles. The smallest absolute Gasteiger partial charge is 0.179 e. The molecular weight excluding hydrogens is 246 g/mol. The second-order valence-electron chi connectivity index (χ2n) is 5.48. The first-order valence-electron chi connectivity index (χ1n) is 6.80. The van der Waals surface area contributed by atoms with Crippen LogP contribution < -0.4 is 5.32 Å². The van der Waals surface area contributed by atoms with Crippen molar-refractivity contribution in [2.24, 2.45) is 5.92 Å². The van der Waals surface area contributed by atoms with E-state index in [2.05, 4.69) is 5.32 Å². The second kappa shape index (κ2) is 5.02. The highest BCUT2D eigenvalue weighted by Gasteiger charge is 2.38. The maximum atomic E-state index is 12.4. The molecule has 0 radical (unpaired) electrons. The normalized spacial score (nSPS) is 31.1. The summed E-state index contributed by atoms with van der Waals surface area (Å²) in [7, 11) is 0. The fraction of sp³-hybridized carbons (Fsp3) is 0.533. The Balaban J connectivity index is 1.72. The van der Waals surface area contributed by atoms with Gasteiger partial charge in [-0.05, 0) is 49.4 Å². The van der Waals surface area contributed by atoms with Crippen LogP contribution in [0.15, 0.2) is 24.3 Å². The largest absolute Gasteiger partial charge is 0.304 e. The average molecular weight is 264 g/mol. The van der Waals surface area contributed by atoms with Gasteiger partial charge in [-0.1, -0.05) is 24.4 Å². The zero-order valence-electron chi connectivity index (χ0n) is 10.4. The molecule has 18 heavy (non-hydrogen) atoms. The third-order valence-corrected chi connectivity index (χ3v) is 4.56. The molecule has 1 saturated heterocycles. The number of Topliss-reactive ketones (excluding diaryl/α,β-unsaturated/α-hetero) is 1. The van der Waals surface area contributed by atoms with Crippen LogP contribution in [0.3, 0.4) is 0 Å². The van der Waals surface area contributed by atoms with Crippen molar-refractivity contribution in [3.05, 3.63) is 34.9 Å². The molecule has 2 aliphatic rings. The third-order valence-electron chi connectivity index (χ3n) is 4.31. The van der Waals surface area contributed by atoms with E-state index in [0.717, 1.165) is 12.0 Å². The molecule has 3 unspecified atom stereocenters. The molecule has 0 aromatic heterocycles. The van der Waals surface area contributed by atoms with Gasteiger partial charge in [0.15, 0.2) is 5.78 Å². The third kappa shape index (κ3) is 2.32. The van der Waals surface area contributed by atoms with Crippen LogP contribution in [0.4, 0.5) is 0 Å². The zero-order chi connectivity index (χ0) is 12.5. The number of carbonyl (C=O) groups excluding carboxylic acids is 1. The Morgan fingerprint density at radius 3 is 2.61 bits per heavy atom. The second-order valence-corrected chi connectivity index (χ2v) is 5.91. The van der Waals surface area contributed by atoms with Crippen LogP contribution >= 0.6 is 11.6 Å². The molecule has 1 saturated carbocycles. The van der Waals surface area contributed by atoms with E-state index in [9.17, 15) is 4.79 Å². The maximum Gasteiger partial charge on any atom is 0.179 e. The van der Waals surface area contributed by atoms with Crippen molar-refractivity contribution in [1.29, 1.82) is 0 Å². The number of hydrogen-bond donors (Lipinski definition) is 1. The molecule has 0 spiro atoms. The van der Waals surface area contributed by atoms with Crippen LogP contribution in [0.25, 0.3) is 0 Å². The standard InChI is InChI=1S/C15H18ClNO/c16-12-7-5-10(6-8-12)15(18)14-9-11-3-1-2-4-13(11)17-14/h5-8,11,13-14,17H,1-4,9H2. The van der Waals surface area contributed by atoms with Gasteiger partial charge in [-0.2, -0.15) is 0 Å². The van der Waals surface area contributed by atoms with Crippen molar-refractivity contribution in [3.8, 4) is 0 Å². The van der Waals surface area contributed by atoms with Crippen LogP contribution in [-0.2, 0) is 0 Å². The summed E-state index contributed by atoms with van der Waals surface area (Å²) in [6.07, 6.45) is 6.14. The number of benzene rings is 1. The lowest BCUT2D eigenvalue weighted by Crippen LogP contribution is -2.37. The Hall–Kier alpha value is -0.860. The van der Waals surface area contributed by atoms with Gasteiger partial charge >= 0.3 is 0 Å². The van der Waals surface area contributed by atoms with Gasteiger partial charge in [0.2, 0.25) is 0 Å². The number of carbonyl (C=O) groups is 1. The van der Waals surface area contributed by atoms with E-state index in [1.54, 1.807) is 12.1 Å². The lowest BCUT2D eigenvalue weighted by atomic mass is 9.84. The molecule has 0 amide bonds. The number of ketones is 1. The summed E-state index contributed by atoms with van der Waals surface area (Å²) >= 11 is 5.85. The monoisotopic (exact) mass is 263 g/mol. The quantitative estimate of drug-likeness (QED) is 0.828. The summed E-state index contributed by atoms with van der Waals surface area (Å²) < 4.78 is 0. The average Bonchev–Trinajstić information content (AvgIpc) is 2.82. The Labute approximate surface area is 113 Å². The van der Waals surface area contributed by atoms with Crippen molar-refractivity contribution in [2.75, 3.05) is 0 Å². The Morgan fingerprint density at radius 2 is 1.89 bits per heavy atom. The minimum absolute atomic E-state index is 0.0132. The van der Waals surface area contributed by atoms with Crippen LogP contribution in [0.1, 0.15) is 42.5 Å². The van der Waals surface area contributed by atoms with E-state index >= 15 is 0 Å². The Morgan fingerprint density at radius 1 is 1.17 bits per heavy atom. The fourth-order valence-corrected chi connectivity index (χ4v) is 3.46. The highest BCUT2D eigenvalue weighted by atomic mass is 35.5. The van der Waals surface area contributed by atoms with Gasteiger partial charge in [-0.25, -0.2) is 0 Å². The van der Waals surface area contributed by atoms with Gasteiger partial charge < -0.3 is 5.32 Å². The van der Waals surface area contributed by atoms with E-state index < -0.39 is 0 Å². The molecule has 2 fully saturated rings. The topological polar surface area (TPSA) is 29.1 Å². The molecule has 1 N–H and O–H groups in total. The SMILES string of the molecule is O=C(c1ccc(Cl)cc1)C1CC2CCCCC2N1. The molecule has 1 aromatic rings. The summed E-state index contributed by atoms with van der Waals surface area (Å²) in [5, 5.41) is 4.20. The number of nitrogens with one attached hydrogen (secondary N) is 1. The van der Waals surface area contributed by atoms with Crippen molar-refractivity contribution >= 4 is 17.4 Å². The number of halogens is 1. The minimum Gasteiger partial charge on any atom is -0.304 e. The molecule has 0 bridgehead atoms. The van der Waals surface area contributed by atoms with Gasteiger partial charge in [0, 0.05) is 16.6 Å². The highest BCUT2D eigenvalue weighted by molar-refractivity contribution is 6.30. The van der Waals surface area contributed by atoms with Crippen LogP contribution in [-0.4, -0.2) is 17.9 Å². The molecule has 3 rings (SSSR count). The zero-order valence-corrected chi connectivity index (χ0v) is 11.1. The van der Waals surface area contributed by atoms with Crippen molar-refractivity contribution in [1.82, 2.24) is 5.32 Å². The molecule has 96 valence electrons.